The van der Waals surface area contributed by atoms with E-state index in [1.165, 1.54) is 11.3 Å². The number of carbonyl (C=O) groups excluding carboxylic acids is 1. The van der Waals surface area contributed by atoms with E-state index < -0.39 is 0 Å². The average molecular weight is 278 g/mol. The number of carbonyl (C=O) groups is 1. The minimum atomic E-state index is -0.352. The Bertz CT molecular complexity index is 601. The first-order valence-electron chi connectivity index (χ1n) is 5.07. The number of hydrogen-bond acceptors (Lipinski definition) is 4. The maximum atomic E-state index is 11.2. The molecule has 6 heteroatoms. The number of thiazole rings is 1. The van der Waals surface area contributed by atoms with E-state index in [-0.39, 0.29) is 12.3 Å². The second-order valence-corrected chi connectivity index (χ2v) is 4.72. The van der Waals surface area contributed by atoms with E-state index in [0.29, 0.717) is 10.2 Å². The Balaban J connectivity index is 2.13. The van der Waals surface area contributed by atoms with Gasteiger partial charge in [-0.25, -0.2) is 4.98 Å². The molecular weight excluding hydrogens is 270 g/mol. The maximum Gasteiger partial charge on any atom is 0.240 e. The Morgan fingerprint density at radius 3 is 2.83 bits per heavy atom. The van der Waals surface area contributed by atoms with Crippen LogP contribution in [0.5, 0.6) is 0 Å². The summed E-state index contributed by atoms with van der Waals surface area (Å²) < 4.78 is 0. The van der Waals surface area contributed by atoms with Crippen LogP contribution in [0.3, 0.4) is 0 Å². The molecule has 0 fully saturated rings. The van der Waals surface area contributed by atoms with E-state index in [4.69, 9.17) is 16.9 Å². The first-order valence-corrected chi connectivity index (χ1v) is 6.33. The molecule has 0 atom stereocenters. The Kier molecular flexibility index (Phi) is 3.92. The molecule has 0 aliphatic rings. The van der Waals surface area contributed by atoms with Gasteiger partial charge in [-0.1, -0.05) is 23.7 Å². The Morgan fingerprint density at radius 1 is 1.44 bits per heavy atom. The van der Waals surface area contributed by atoms with Crippen molar-refractivity contribution in [3.63, 3.8) is 0 Å². The second kappa shape index (κ2) is 5.63. The zero-order valence-electron chi connectivity index (χ0n) is 9.18. The van der Waals surface area contributed by atoms with Crippen molar-refractivity contribution in [2.45, 2.75) is 6.42 Å². The lowest BCUT2D eigenvalue weighted by atomic mass is 10.2. The quantitative estimate of drug-likeness (QED) is 0.936. The molecule has 0 bridgehead atoms. The molecule has 1 N–H and O–H groups in total. The third-order valence-electron chi connectivity index (χ3n) is 2.13. The average Bonchev–Trinajstić information content (AvgIpc) is 2.78. The highest BCUT2D eigenvalue weighted by molar-refractivity contribution is 7.14. The van der Waals surface area contributed by atoms with E-state index >= 15 is 0 Å². The largest absolute Gasteiger partial charge is 0.301 e. The summed E-state index contributed by atoms with van der Waals surface area (Å²) in [7, 11) is 0. The molecular formula is C12H8ClN3OS. The van der Waals surface area contributed by atoms with Crippen LogP contribution >= 0.6 is 22.9 Å². The fraction of sp³-hybridized carbons (Fsp3) is 0.0833. The molecule has 0 aliphatic carbocycles. The summed E-state index contributed by atoms with van der Waals surface area (Å²) in [5, 5.41) is 13.9. The van der Waals surface area contributed by atoms with Crippen LogP contribution in [0.2, 0.25) is 5.02 Å². The molecule has 1 amide bonds. The molecule has 0 spiro atoms. The van der Waals surface area contributed by atoms with Crippen molar-refractivity contribution in [3.05, 3.63) is 34.7 Å². The predicted octanol–water partition coefficient (Wildman–Crippen LogP) is 3.32. The lowest BCUT2D eigenvalue weighted by molar-refractivity contribution is -0.115. The number of anilines is 1. The summed E-state index contributed by atoms with van der Waals surface area (Å²) in [6.45, 7) is 0. The van der Waals surface area contributed by atoms with Crippen molar-refractivity contribution in [2.75, 3.05) is 5.32 Å². The van der Waals surface area contributed by atoms with Crippen LogP contribution in [0.4, 0.5) is 5.13 Å². The minimum absolute atomic E-state index is 0.171. The van der Waals surface area contributed by atoms with Gasteiger partial charge in [-0.05, 0) is 12.1 Å². The molecule has 2 aromatic rings. The summed E-state index contributed by atoms with van der Waals surface area (Å²) in [5.41, 5.74) is 1.69. The van der Waals surface area contributed by atoms with E-state index in [2.05, 4.69) is 10.3 Å². The van der Waals surface area contributed by atoms with Crippen molar-refractivity contribution in [1.29, 1.82) is 5.26 Å². The van der Waals surface area contributed by atoms with E-state index in [0.717, 1.165) is 11.3 Å². The smallest absolute Gasteiger partial charge is 0.240 e. The number of rotatable bonds is 3. The van der Waals surface area contributed by atoms with Gasteiger partial charge in [0, 0.05) is 16.0 Å². The highest BCUT2D eigenvalue weighted by Gasteiger charge is 2.07. The van der Waals surface area contributed by atoms with Gasteiger partial charge >= 0.3 is 0 Å². The van der Waals surface area contributed by atoms with Gasteiger partial charge in [0.05, 0.1) is 11.8 Å². The van der Waals surface area contributed by atoms with Crippen molar-refractivity contribution < 1.29 is 4.79 Å². The molecule has 0 saturated heterocycles. The van der Waals surface area contributed by atoms with Crippen LogP contribution in [0.15, 0.2) is 29.6 Å². The molecule has 0 aliphatic heterocycles. The molecule has 0 saturated carbocycles. The fourth-order valence-electron chi connectivity index (χ4n) is 1.32. The van der Waals surface area contributed by atoms with Crippen LogP contribution in [0.1, 0.15) is 6.42 Å². The molecule has 0 unspecified atom stereocenters. The molecule has 1 heterocycles. The van der Waals surface area contributed by atoms with Crippen LogP contribution in [-0.4, -0.2) is 10.9 Å². The standard InChI is InChI=1S/C12H8ClN3OS/c13-9-3-1-8(2-4-9)10-7-18-12(15-10)16-11(17)5-6-14/h1-4,7H,5H2,(H,15,16,17). The lowest BCUT2D eigenvalue weighted by Crippen LogP contribution is -2.09. The van der Waals surface area contributed by atoms with Crippen LogP contribution in [0, 0.1) is 11.3 Å². The van der Waals surface area contributed by atoms with E-state index in [1.54, 1.807) is 18.2 Å². The lowest BCUT2D eigenvalue weighted by Gasteiger charge is -1.97. The number of benzene rings is 1. The Labute approximate surface area is 113 Å². The predicted molar refractivity (Wildman–Crippen MR) is 71.4 cm³/mol. The molecule has 1 aromatic carbocycles. The molecule has 4 nitrogen and oxygen atoms in total. The number of halogens is 1. The summed E-state index contributed by atoms with van der Waals surface area (Å²) in [6, 6.07) is 9.07. The van der Waals surface area contributed by atoms with E-state index in [9.17, 15) is 4.79 Å². The summed E-state index contributed by atoms with van der Waals surface area (Å²) in [6.07, 6.45) is -0.171. The zero-order chi connectivity index (χ0) is 13.0. The molecule has 18 heavy (non-hydrogen) atoms. The third kappa shape index (κ3) is 3.06. The van der Waals surface area contributed by atoms with Crippen LogP contribution in [0.25, 0.3) is 11.3 Å². The van der Waals surface area contributed by atoms with Gasteiger partial charge in [-0.2, -0.15) is 5.26 Å². The maximum absolute atomic E-state index is 11.2. The van der Waals surface area contributed by atoms with Gasteiger partial charge < -0.3 is 5.32 Å². The molecule has 0 radical (unpaired) electrons. The molecule has 1 aromatic heterocycles. The summed E-state index contributed by atoms with van der Waals surface area (Å²) >= 11 is 7.12. The number of amides is 1. The third-order valence-corrected chi connectivity index (χ3v) is 3.14. The summed E-state index contributed by atoms with van der Waals surface area (Å²) in [4.78, 5) is 15.5. The van der Waals surface area contributed by atoms with Gasteiger partial charge in [0.15, 0.2) is 5.13 Å². The molecule has 90 valence electrons. The van der Waals surface area contributed by atoms with Crippen molar-refractivity contribution >= 4 is 34.0 Å². The molecule has 2 rings (SSSR count). The van der Waals surface area contributed by atoms with Crippen LogP contribution in [-0.2, 0) is 4.79 Å². The number of nitriles is 1. The van der Waals surface area contributed by atoms with Crippen molar-refractivity contribution in [1.82, 2.24) is 4.98 Å². The number of nitrogens with one attached hydrogen (secondary N) is 1. The van der Waals surface area contributed by atoms with Gasteiger partial charge in [0.25, 0.3) is 0 Å². The Hall–Kier alpha value is -1.90. The number of nitrogens with zero attached hydrogens (tertiary/aromatic N) is 2. The van der Waals surface area contributed by atoms with Gasteiger partial charge in [-0.15, -0.1) is 11.3 Å². The SMILES string of the molecule is N#CCC(=O)Nc1nc(-c2ccc(Cl)cc2)cs1. The zero-order valence-corrected chi connectivity index (χ0v) is 10.8. The summed E-state index contributed by atoms with van der Waals surface area (Å²) in [5.74, 6) is -0.352. The first kappa shape index (κ1) is 12.6. The first-order chi connectivity index (χ1) is 8.69. The van der Waals surface area contributed by atoms with E-state index in [1.807, 2.05) is 17.5 Å². The topological polar surface area (TPSA) is 65.8 Å². The van der Waals surface area contributed by atoms with Crippen molar-refractivity contribution in [2.24, 2.45) is 0 Å². The monoisotopic (exact) mass is 277 g/mol. The fourth-order valence-corrected chi connectivity index (χ4v) is 2.18. The second-order valence-electron chi connectivity index (χ2n) is 3.43. The highest BCUT2D eigenvalue weighted by atomic mass is 35.5. The Morgan fingerprint density at radius 2 is 2.17 bits per heavy atom. The van der Waals surface area contributed by atoms with Gasteiger partial charge in [0.1, 0.15) is 6.42 Å². The normalized spacial score (nSPS) is 9.78. The van der Waals surface area contributed by atoms with Crippen LogP contribution < -0.4 is 5.32 Å². The van der Waals surface area contributed by atoms with Gasteiger partial charge in [0.2, 0.25) is 5.91 Å². The minimum Gasteiger partial charge on any atom is -0.301 e. The highest BCUT2D eigenvalue weighted by Crippen LogP contribution is 2.25. The van der Waals surface area contributed by atoms with Gasteiger partial charge in [-0.3, -0.25) is 4.79 Å². The number of hydrogen-bond donors (Lipinski definition) is 1. The van der Waals surface area contributed by atoms with Crippen molar-refractivity contribution in [3.8, 4) is 17.3 Å². The number of aromatic nitrogens is 1.